The molecule has 6 nitrogen and oxygen atoms in total. The Morgan fingerprint density at radius 1 is 1.23 bits per heavy atom. The lowest BCUT2D eigenvalue weighted by Gasteiger charge is -2.28. The molecule has 2 aliphatic rings. The number of amides is 1. The number of hydrogen-bond donors (Lipinski definition) is 1. The van der Waals surface area contributed by atoms with Crippen LogP contribution in [0.25, 0.3) is 0 Å². The lowest BCUT2D eigenvalue weighted by Crippen LogP contribution is -2.35. The van der Waals surface area contributed by atoms with Crippen molar-refractivity contribution in [3.8, 4) is 0 Å². The first-order valence-electron chi connectivity index (χ1n) is 10.5. The van der Waals surface area contributed by atoms with Crippen molar-refractivity contribution in [3.05, 3.63) is 63.3 Å². The van der Waals surface area contributed by atoms with Crippen LogP contribution in [-0.2, 0) is 6.42 Å². The topological polar surface area (TPSA) is 69.3 Å². The average molecular weight is 431 g/mol. The van der Waals surface area contributed by atoms with E-state index in [1.165, 1.54) is 11.1 Å². The van der Waals surface area contributed by atoms with E-state index in [0.29, 0.717) is 30.3 Å². The molecule has 2 aromatic rings. The number of likely N-dealkylation sites (tertiary alicyclic amines) is 2. The van der Waals surface area contributed by atoms with E-state index in [4.69, 9.17) is 0 Å². The molecule has 1 N–H and O–H groups in total. The highest BCUT2D eigenvalue weighted by Crippen LogP contribution is 2.45. The van der Waals surface area contributed by atoms with Crippen molar-refractivity contribution in [2.24, 2.45) is 17.8 Å². The third-order valence-electron chi connectivity index (χ3n) is 6.34. The smallest absolute Gasteiger partial charge is 0.337 e. The van der Waals surface area contributed by atoms with Crippen molar-refractivity contribution in [2.45, 2.75) is 33.2 Å². The summed E-state index contributed by atoms with van der Waals surface area (Å²) in [7, 11) is 2.18. The number of aromatic amines is 1. The number of nitrogens with zero attached hydrogens (tertiary/aromatic N) is 3. The first kappa shape index (κ1) is 22.5. The van der Waals surface area contributed by atoms with Crippen LogP contribution in [0.4, 0.5) is 0 Å². The Balaban J connectivity index is 0.00000256. The molecule has 1 amide bonds. The van der Waals surface area contributed by atoms with Crippen molar-refractivity contribution in [2.75, 3.05) is 26.7 Å². The van der Waals surface area contributed by atoms with Gasteiger partial charge in [0.2, 0.25) is 0 Å². The molecule has 30 heavy (non-hydrogen) atoms. The third-order valence-corrected chi connectivity index (χ3v) is 6.34. The van der Waals surface area contributed by atoms with Crippen LogP contribution in [0.2, 0.25) is 0 Å². The van der Waals surface area contributed by atoms with Crippen molar-refractivity contribution in [1.82, 2.24) is 19.8 Å². The van der Waals surface area contributed by atoms with E-state index in [2.05, 4.69) is 67.0 Å². The van der Waals surface area contributed by atoms with Gasteiger partial charge in [0.05, 0.1) is 0 Å². The number of aryl methyl sites for hydroxylation is 1. The summed E-state index contributed by atoms with van der Waals surface area (Å²) in [5, 5.41) is 0. The van der Waals surface area contributed by atoms with E-state index in [-0.39, 0.29) is 24.0 Å². The molecule has 0 unspecified atom stereocenters. The summed E-state index contributed by atoms with van der Waals surface area (Å²) in [4.78, 5) is 36.2. The van der Waals surface area contributed by atoms with Crippen LogP contribution in [0.15, 0.2) is 35.1 Å². The van der Waals surface area contributed by atoms with Gasteiger partial charge in [-0.1, -0.05) is 38.1 Å². The summed E-state index contributed by atoms with van der Waals surface area (Å²) in [6.45, 7) is 8.75. The highest BCUT2D eigenvalue weighted by Gasteiger charge is 2.47. The molecule has 7 heteroatoms. The lowest BCUT2D eigenvalue weighted by molar-refractivity contribution is 0.0761. The summed E-state index contributed by atoms with van der Waals surface area (Å²) >= 11 is 0. The Kier molecular flexibility index (Phi) is 6.68. The van der Waals surface area contributed by atoms with E-state index in [9.17, 15) is 9.59 Å². The van der Waals surface area contributed by atoms with Crippen molar-refractivity contribution < 1.29 is 4.79 Å². The van der Waals surface area contributed by atoms with Gasteiger partial charge in [-0.25, -0.2) is 4.79 Å². The van der Waals surface area contributed by atoms with E-state index >= 15 is 0 Å². The molecule has 3 atom stereocenters. The molecule has 0 radical (unpaired) electrons. The molecule has 162 valence electrons. The zero-order valence-electron chi connectivity index (χ0n) is 18.1. The Hall–Kier alpha value is -2.18. The monoisotopic (exact) mass is 430 g/mol. The number of nitrogens with one attached hydrogen (secondary N) is 1. The summed E-state index contributed by atoms with van der Waals surface area (Å²) in [5.41, 5.74) is 3.25. The average Bonchev–Trinajstić information content (AvgIpc) is 3.17. The SMILES string of the molecule is Cc1ccccc1[C@H]1[C@@H]2CN(C(=O)c3cc(CC(C)C)[nH]c(=O)n3)C[C@@H]2CN1C.Cl. The molecule has 3 heterocycles. The minimum absolute atomic E-state index is 0. The van der Waals surface area contributed by atoms with Crippen LogP contribution in [0.1, 0.15) is 47.2 Å². The van der Waals surface area contributed by atoms with E-state index < -0.39 is 5.69 Å². The van der Waals surface area contributed by atoms with Crippen molar-refractivity contribution in [3.63, 3.8) is 0 Å². The van der Waals surface area contributed by atoms with Gasteiger partial charge in [0.25, 0.3) is 5.91 Å². The van der Waals surface area contributed by atoms with Gasteiger partial charge in [0.1, 0.15) is 5.69 Å². The number of fused-ring (bicyclic) bond motifs is 1. The quantitative estimate of drug-likeness (QED) is 0.809. The predicted molar refractivity (Wildman–Crippen MR) is 120 cm³/mol. The maximum absolute atomic E-state index is 13.2. The molecule has 2 fully saturated rings. The van der Waals surface area contributed by atoms with Crippen molar-refractivity contribution >= 4 is 18.3 Å². The fourth-order valence-electron chi connectivity index (χ4n) is 5.14. The number of hydrogen-bond acceptors (Lipinski definition) is 4. The van der Waals surface area contributed by atoms with Crippen LogP contribution < -0.4 is 5.69 Å². The largest absolute Gasteiger partial charge is 0.345 e. The molecule has 2 saturated heterocycles. The van der Waals surface area contributed by atoms with Crippen LogP contribution in [0.3, 0.4) is 0 Å². The first-order valence-corrected chi connectivity index (χ1v) is 10.5. The van der Waals surface area contributed by atoms with Gasteiger partial charge in [-0.2, -0.15) is 4.98 Å². The first-order chi connectivity index (χ1) is 13.8. The second kappa shape index (κ2) is 8.90. The molecule has 2 aliphatic heterocycles. The number of halogens is 1. The van der Waals surface area contributed by atoms with Gasteiger partial charge in [-0.05, 0) is 49.4 Å². The Labute approximate surface area is 184 Å². The maximum atomic E-state index is 13.2. The zero-order valence-corrected chi connectivity index (χ0v) is 18.9. The molecule has 0 bridgehead atoms. The number of aromatic nitrogens is 2. The summed E-state index contributed by atoms with van der Waals surface area (Å²) in [6, 6.07) is 10.6. The molecular weight excluding hydrogens is 400 g/mol. The van der Waals surface area contributed by atoms with Gasteiger partial charge in [-0.3, -0.25) is 9.69 Å². The Bertz CT molecular complexity index is 974. The summed E-state index contributed by atoms with van der Waals surface area (Å²) in [6.07, 6.45) is 0.726. The van der Waals surface area contributed by atoms with Crippen molar-refractivity contribution in [1.29, 1.82) is 0 Å². The molecule has 0 spiro atoms. The van der Waals surface area contributed by atoms with Crippen LogP contribution >= 0.6 is 12.4 Å². The van der Waals surface area contributed by atoms with Crippen LogP contribution in [0, 0.1) is 24.7 Å². The fraction of sp³-hybridized carbons (Fsp3) is 0.522. The molecule has 1 aromatic carbocycles. The predicted octanol–water partition coefficient (Wildman–Crippen LogP) is 3.07. The van der Waals surface area contributed by atoms with Crippen LogP contribution in [-0.4, -0.2) is 52.4 Å². The normalized spacial score (nSPS) is 23.5. The number of rotatable bonds is 4. The number of carbonyl (C=O) groups excluding carboxylic acids is 1. The fourth-order valence-corrected chi connectivity index (χ4v) is 5.14. The van der Waals surface area contributed by atoms with Gasteiger partial charge in [0, 0.05) is 37.3 Å². The molecule has 1 aromatic heterocycles. The number of H-pyrrole nitrogens is 1. The Morgan fingerprint density at radius 3 is 2.67 bits per heavy atom. The van der Waals surface area contributed by atoms with Gasteiger partial charge in [-0.15, -0.1) is 12.4 Å². The van der Waals surface area contributed by atoms with E-state index in [1.807, 2.05) is 4.90 Å². The van der Waals surface area contributed by atoms with Gasteiger partial charge >= 0.3 is 5.69 Å². The van der Waals surface area contributed by atoms with Gasteiger partial charge < -0.3 is 9.88 Å². The maximum Gasteiger partial charge on any atom is 0.345 e. The highest BCUT2D eigenvalue weighted by atomic mass is 35.5. The molecular formula is C23H31ClN4O2. The lowest BCUT2D eigenvalue weighted by atomic mass is 9.88. The van der Waals surface area contributed by atoms with E-state index in [0.717, 1.165) is 25.2 Å². The highest BCUT2D eigenvalue weighted by molar-refractivity contribution is 5.92. The molecule has 0 saturated carbocycles. The second-order valence-electron chi connectivity index (χ2n) is 9.07. The minimum Gasteiger partial charge on any atom is -0.337 e. The molecule has 4 rings (SSSR count). The third kappa shape index (κ3) is 4.30. The summed E-state index contributed by atoms with van der Waals surface area (Å²) in [5.74, 6) is 1.13. The number of carbonyl (C=O) groups is 1. The summed E-state index contributed by atoms with van der Waals surface area (Å²) < 4.78 is 0. The minimum atomic E-state index is -0.441. The van der Waals surface area contributed by atoms with Crippen LogP contribution in [0.5, 0.6) is 0 Å². The Morgan fingerprint density at radius 2 is 1.97 bits per heavy atom. The molecule has 0 aliphatic carbocycles. The number of benzene rings is 1. The van der Waals surface area contributed by atoms with E-state index in [1.54, 1.807) is 6.07 Å². The second-order valence-corrected chi connectivity index (χ2v) is 9.07. The van der Waals surface area contributed by atoms with Gasteiger partial charge in [0.15, 0.2) is 0 Å². The zero-order chi connectivity index (χ0) is 20.7. The standard InChI is InChI=1S/C23H30N4O2.ClH/c1-14(2)9-17-10-20(25-23(29)24-17)22(28)27-12-16-11-26(4)21(19(16)13-27)18-8-6-5-7-15(18)3;/h5-8,10,14,16,19,21H,9,11-13H2,1-4H3,(H,24,25,29);1H/t16-,19+,21-;/m0./s1.